The standard InChI is InChI=1S/C21H25N3O4S/c1-5-14-22-21(26)18-8-6-7-9-19(18)23-20(25)16-10-12-17(13-11-16)29(27,28)24(4)15(2)3/h5-13,15H,1,14H2,2-4H3,(H,22,26)(H,23,25). The van der Waals surface area contributed by atoms with Gasteiger partial charge in [-0.3, -0.25) is 9.59 Å². The van der Waals surface area contributed by atoms with Gasteiger partial charge in [-0.05, 0) is 50.2 Å². The minimum atomic E-state index is -3.63. The highest BCUT2D eigenvalue weighted by Crippen LogP contribution is 2.19. The van der Waals surface area contributed by atoms with Gasteiger partial charge < -0.3 is 10.6 Å². The van der Waals surface area contributed by atoms with Crippen LogP contribution in [0.3, 0.4) is 0 Å². The SMILES string of the molecule is C=CCNC(=O)c1ccccc1NC(=O)c1ccc(S(=O)(=O)N(C)C(C)C)cc1. The largest absolute Gasteiger partial charge is 0.349 e. The van der Waals surface area contributed by atoms with Gasteiger partial charge in [-0.1, -0.05) is 18.2 Å². The molecule has 8 heteroatoms. The van der Waals surface area contributed by atoms with E-state index >= 15 is 0 Å². The lowest BCUT2D eigenvalue weighted by molar-refractivity contribution is 0.0959. The first-order chi connectivity index (χ1) is 13.7. The van der Waals surface area contributed by atoms with Crippen molar-refractivity contribution in [3.05, 3.63) is 72.3 Å². The molecule has 0 fully saturated rings. The summed E-state index contributed by atoms with van der Waals surface area (Å²) < 4.78 is 26.3. The molecule has 0 aliphatic rings. The average molecular weight is 416 g/mol. The number of nitrogens with one attached hydrogen (secondary N) is 2. The summed E-state index contributed by atoms with van der Waals surface area (Å²) in [7, 11) is -2.12. The molecule has 0 radical (unpaired) electrons. The summed E-state index contributed by atoms with van der Waals surface area (Å²) >= 11 is 0. The van der Waals surface area contributed by atoms with Gasteiger partial charge in [0.25, 0.3) is 11.8 Å². The Labute approximate surface area is 171 Å². The van der Waals surface area contributed by atoms with Crippen molar-refractivity contribution in [2.24, 2.45) is 0 Å². The minimum Gasteiger partial charge on any atom is -0.349 e. The van der Waals surface area contributed by atoms with Crippen LogP contribution < -0.4 is 10.6 Å². The van der Waals surface area contributed by atoms with Crippen LogP contribution in [0.1, 0.15) is 34.6 Å². The van der Waals surface area contributed by atoms with Crippen LogP contribution in [0.4, 0.5) is 5.69 Å². The lowest BCUT2D eigenvalue weighted by atomic mass is 10.1. The molecule has 2 amide bonds. The molecule has 0 heterocycles. The molecule has 0 atom stereocenters. The Morgan fingerprint density at radius 3 is 2.28 bits per heavy atom. The van der Waals surface area contributed by atoms with Crippen molar-refractivity contribution in [1.82, 2.24) is 9.62 Å². The molecule has 2 N–H and O–H groups in total. The normalized spacial score (nSPS) is 11.3. The van der Waals surface area contributed by atoms with E-state index in [0.29, 0.717) is 17.8 Å². The van der Waals surface area contributed by atoms with Crippen molar-refractivity contribution in [2.45, 2.75) is 24.8 Å². The third-order valence-electron chi connectivity index (χ3n) is 4.35. The van der Waals surface area contributed by atoms with Crippen LogP contribution in [-0.4, -0.2) is 44.2 Å². The van der Waals surface area contributed by atoms with Crippen LogP contribution in [0.2, 0.25) is 0 Å². The molecule has 2 aromatic rings. The Hall–Kier alpha value is -2.97. The summed E-state index contributed by atoms with van der Waals surface area (Å²) in [6.07, 6.45) is 1.56. The van der Waals surface area contributed by atoms with E-state index in [1.54, 1.807) is 44.2 Å². The highest BCUT2D eigenvalue weighted by atomic mass is 32.2. The molecule has 2 rings (SSSR count). The molecule has 154 valence electrons. The van der Waals surface area contributed by atoms with Crippen molar-refractivity contribution in [3.63, 3.8) is 0 Å². The van der Waals surface area contributed by atoms with Gasteiger partial charge in [-0.25, -0.2) is 8.42 Å². The zero-order valence-corrected chi connectivity index (χ0v) is 17.5. The predicted molar refractivity (Wildman–Crippen MR) is 113 cm³/mol. The monoisotopic (exact) mass is 415 g/mol. The van der Waals surface area contributed by atoms with Gasteiger partial charge in [0.15, 0.2) is 0 Å². The fourth-order valence-electron chi connectivity index (χ4n) is 2.47. The molecule has 0 aromatic heterocycles. The number of amides is 2. The van der Waals surface area contributed by atoms with Gasteiger partial charge in [0.05, 0.1) is 16.1 Å². The van der Waals surface area contributed by atoms with Crippen molar-refractivity contribution in [3.8, 4) is 0 Å². The third kappa shape index (κ3) is 5.30. The molecule has 0 bridgehead atoms. The van der Waals surface area contributed by atoms with Crippen molar-refractivity contribution in [1.29, 1.82) is 0 Å². The quantitative estimate of drug-likeness (QED) is 0.648. The van der Waals surface area contributed by atoms with Crippen LogP contribution in [0.25, 0.3) is 0 Å². The predicted octanol–water partition coefficient (Wildman–Crippen LogP) is 2.88. The highest BCUT2D eigenvalue weighted by molar-refractivity contribution is 7.89. The molecule has 0 spiro atoms. The van der Waals surface area contributed by atoms with Crippen molar-refractivity contribution < 1.29 is 18.0 Å². The highest BCUT2D eigenvalue weighted by Gasteiger charge is 2.23. The average Bonchev–Trinajstić information content (AvgIpc) is 2.71. The number of hydrogen-bond acceptors (Lipinski definition) is 4. The molecule has 29 heavy (non-hydrogen) atoms. The van der Waals surface area contributed by atoms with Crippen molar-refractivity contribution in [2.75, 3.05) is 18.9 Å². The van der Waals surface area contributed by atoms with Crippen LogP contribution >= 0.6 is 0 Å². The Morgan fingerprint density at radius 1 is 1.07 bits per heavy atom. The van der Waals surface area contributed by atoms with E-state index in [1.807, 2.05) is 0 Å². The van der Waals surface area contributed by atoms with Gasteiger partial charge in [0, 0.05) is 25.2 Å². The maximum absolute atomic E-state index is 12.6. The van der Waals surface area contributed by atoms with Crippen molar-refractivity contribution >= 4 is 27.5 Å². The summed E-state index contributed by atoms with van der Waals surface area (Å²) in [5.74, 6) is -0.783. The molecule has 0 saturated heterocycles. The lowest BCUT2D eigenvalue weighted by Crippen LogP contribution is -2.33. The third-order valence-corrected chi connectivity index (χ3v) is 6.40. The summed E-state index contributed by atoms with van der Waals surface area (Å²) in [4.78, 5) is 24.9. The molecule has 0 aliphatic carbocycles. The van der Waals surface area contributed by atoms with Gasteiger partial charge in [0.2, 0.25) is 10.0 Å². The first kappa shape index (κ1) is 22.3. The molecular weight excluding hydrogens is 390 g/mol. The number of carbonyl (C=O) groups is 2. The summed E-state index contributed by atoms with van der Waals surface area (Å²) in [6.45, 7) is 7.42. The smallest absolute Gasteiger partial charge is 0.255 e. The topological polar surface area (TPSA) is 95.6 Å². The molecular formula is C21H25N3O4S. The number of benzene rings is 2. The second-order valence-electron chi connectivity index (χ2n) is 6.64. The molecule has 0 aliphatic heterocycles. The Bertz CT molecular complexity index is 999. The molecule has 7 nitrogen and oxygen atoms in total. The van der Waals surface area contributed by atoms with E-state index in [0.717, 1.165) is 0 Å². The maximum atomic E-state index is 12.6. The lowest BCUT2D eigenvalue weighted by Gasteiger charge is -2.21. The number of hydrogen-bond donors (Lipinski definition) is 2. The van der Waals surface area contributed by atoms with E-state index in [1.165, 1.54) is 35.6 Å². The van der Waals surface area contributed by atoms with E-state index < -0.39 is 15.9 Å². The number of anilines is 1. The van der Waals surface area contributed by atoms with Gasteiger partial charge in [0.1, 0.15) is 0 Å². The Kier molecular flexibility index (Phi) is 7.30. The fourth-order valence-corrected chi connectivity index (χ4v) is 3.83. The Balaban J connectivity index is 2.21. The molecule has 2 aromatic carbocycles. The van der Waals surface area contributed by atoms with Gasteiger partial charge in [-0.2, -0.15) is 4.31 Å². The number of nitrogens with zero attached hydrogens (tertiary/aromatic N) is 1. The number of carbonyl (C=O) groups excluding carboxylic acids is 2. The first-order valence-corrected chi connectivity index (χ1v) is 10.5. The number of para-hydroxylation sites is 1. The van der Waals surface area contributed by atoms with Crippen LogP contribution in [-0.2, 0) is 10.0 Å². The van der Waals surface area contributed by atoms with E-state index in [9.17, 15) is 18.0 Å². The zero-order valence-electron chi connectivity index (χ0n) is 16.7. The van der Waals surface area contributed by atoms with Gasteiger partial charge >= 0.3 is 0 Å². The van der Waals surface area contributed by atoms with Crippen LogP contribution in [0.15, 0.2) is 66.1 Å². The molecule has 0 saturated carbocycles. The molecule has 0 unspecified atom stereocenters. The van der Waals surface area contributed by atoms with Crippen LogP contribution in [0.5, 0.6) is 0 Å². The number of rotatable bonds is 8. The summed E-state index contributed by atoms with van der Waals surface area (Å²) in [6, 6.07) is 12.1. The fraction of sp³-hybridized carbons (Fsp3) is 0.238. The Morgan fingerprint density at radius 2 is 1.69 bits per heavy atom. The maximum Gasteiger partial charge on any atom is 0.255 e. The second-order valence-corrected chi connectivity index (χ2v) is 8.64. The van der Waals surface area contributed by atoms with E-state index in [2.05, 4.69) is 17.2 Å². The number of sulfonamides is 1. The van der Waals surface area contributed by atoms with E-state index in [-0.39, 0.29) is 22.4 Å². The minimum absolute atomic E-state index is 0.106. The van der Waals surface area contributed by atoms with Gasteiger partial charge in [-0.15, -0.1) is 6.58 Å². The van der Waals surface area contributed by atoms with E-state index in [4.69, 9.17) is 0 Å². The summed E-state index contributed by atoms with van der Waals surface area (Å²) in [5, 5.41) is 5.36. The zero-order chi connectivity index (χ0) is 21.6. The first-order valence-electron chi connectivity index (χ1n) is 9.06. The summed E-state index contributed by atoms with van der Waals surface area (Å²) in [5.41, 5.74) is 0.952. The second kappa shape index (κ2) is 9.49. The van der Waals surface area contributed by atoms with Crippen LogP contribution in [0, 0.1) is 0 Å².